The van der Waals surface area contributed by atoms with Gasteiger partial charge in [0.05, 0.1) is 18.8 Å². The fraction of sp³-hybridized carbons (Fsp3) is 0.0833. The van der Waals surface area contributed by atoms with Gasteiger partial charge in [-0.2, -0.15) is 0 Å². The quantitative estimate of drug-likeness (QED) is 0.941. The number of aromatic nitrogens is 2. The molecule has 0 radical (unpaired) electrons. The number of amides is 1. The molecule has 0 saturated carbocycles. The minimum atomic E-state index is -0.223. The third-order valence-corrected chi connectivity index (χ3v) is 2.73. The second kappa shape index (κ2) is 5.80. The van der Waals surface area contributed by atoms with Crippen LogP contribution in [0.3, 0.4) is 0 Å². The van der Waals surface area contributed by atoms with Crippen molar-refractivity contribution < 1.29 is 4.79 Å². The fourth-order valence-electron chi connectivity index (χ4n) is 1.40. The van der Waals surface area contributed by atoms with Gasteiger partial charge in [0.25, 0.3) is 0 Å². The Balaban J connectivity index is 2.03. The van der Waals surface area contributed by atoms with Crippen LogP contribution in [0, 0.1) is 0 Å². The molecule has 0 spiro atoms. The first-order chi connectivity index (χ1) is 8.65. The van der Waals surface area contributed by atoms with E-state index in [1.807, 2.05) is 12.1 Å². The lowest BCUT2D eigenvalue weighted by molar-refractivity contribution is -0.115. The Labute approximate surface area is 114 Å². The van der Waals surface area contributed by atoms with Crippen LogP contribution in [0.1, 0.15) is 5.56 Å². The first-order valence-electron chi connectivity index (χ1n) is 5.16. The number of rotatable bonds is 3. The Kier molecular flexibility index (Phi) is 4.12. The van der Waals surface area contributed by atoms with E-state index >= 15 is 0 Å². The third kappa shape index (κ3) is 3.42. The average molecular weight is 282 g/mol. The van der Waals surface area contributed by atoms with Crippen LogP contribution in [0.4, 0.5) is 5.82 Å². The molecule has 0 aliphatic heterocycles. The molecule has 1 heterocycles. The Morgan fingerprint density at radius 2 is 2.00 bits per heavy atom. The summed E-state index contributed by atoms with van der Waals surface area (Å²) in [6.07, 6.45) is 3.00. The zero-order valence-corrected chi connectivity index (χ0v) is 10.7. The minimum absolute atomic E-state index is 0.174. The molecule has 0 saturated heterocycles. The smallest absolute Gasteiger partial charge is 0.230 e. The molecule has 0 fully saturated rings. The lowest BCUT2D eigenvalue weighted by Crippen LogP contribution is -2.15. The molecular weight excluding hydrogens is 273 g/mol. The second-order valence-electron chi connectivity index (χ2n) is 3.54. The number of carbonyl (C=O) groups is 1. The molecule has 6 heteroatoms. The number of benzene rings is 1. The Morgan fingerprint density at radius 1 is 1.22 bits per heavy atom. The SMILES string of the molecule is O=C(Cc1ccccc1Cl)Nc1cncc(Cl)n1. The van der Waals surface area contributed by atoms with Crippen molar-refractivity contribution in [2.24, 2.45) is 0 Å². The van der Waals surface area contributed by atoms with Crippen molar-refractivity contribution in [2.45, 2.75) is 6.42 Å². The van der Waals surface area contributed by atoms with Gasteiger partial charge in [-0.15, -0.1) is 0 Å². The summed E-state index contributed by atoms with van der Waals surface area (Å²) in [6.45, 7) is 0. The van der Waals surface area contributed by atoms with Crippen molar-refractivity contribution >= 4 is 34.9 Å². The summed E-state index contributed by atoms with van der Waals surface area (Å²) in [5, 5.41) is 3.39. The van der Waals surface area contributed by atoms with Crippen LogP contribution in [0.5, 0.6) is 0 Å². The molecule has 0 aliphatic carbocycles. The average Bonchev–Trinajstić information content (AvgIpc) is 2.32. The zero-order valence-electron chi connectivity index (χ0n) is 9.23. The Bertz CT molecular complexity index is 575. The minimum Gasteiger partial charge on any atom is -0.309 e. The van der Waals surface area contributed by atoms with E-state index in [1.165, 1.54) is 12.4 Å². The van der Waals surface area contributed by atoms with Gasteiger partial charge < -0.3 is 5.32 Å². The maximum Gasteiger partial charge on any atom is 0.230 e. The lowest BCUT2D eigenvalue weighted by atomic mass is 10.1. The monoisotopic (exact) mass is 281 g/mol. The largest absolute Gasteiger partial charge is 0.309 e. The van der Waals surface area contributed by atoms with Crippen molar-refractivity contribution in [2.75, 3.05) is 5.32 Å². The van der Waals surface area contributed by atoms with Crippen molar-refractivity contribution in [3.63, 3.8) is 0 Å². The number of nitrogens with zero attached hydrogens (tertiary/aromatic N) is 2. The third-order valence-electron chi connectivity index (χ3n) is 2.18. The highest BCUT2D eigenvalue weighted by atomic mass is 35.5. The summed E-state index contributed by atoms with van der Waals surface area (Å²) in [5.74, 6) is 0.0965. The van der Waals surface area contributed by atoms with Crippen LogP contribution in [0.15, 0.2) is 36.7 Å². The Morgan fingerprint density at radius 3 is 2.72 bits per heavy atom. The van der Waals surface area contributed by atoms with Crippen molar-refractivity contribution in [1.29, 1.82) is 0 Å². The van der Waals surface area contributed by atoms with E-state index in [0.717, 1.165) is 5.56 Å². The van der Waals surface area contributed by atoms with E-state index in [-0.39, 0.29) is 17.5 Å². The van der Waals surface area contributed by atoms with Gasteiger partial charge >= 0.3 is 0 Å². The second-order valence-corrected chi connectivity index (χ2v) is 4.34. The van der Waals surface area contributed by atoms with Crippen LogP contribution in [0.2, 0.25) is 10.2 Å². The Hall–Kier alpha value is -1.65. The molecule has 0 unspecified atom stereocenters. The molecular formula is C12H9Cl2N3O. The predicted molar refractivity (Wildman–Crippen MR) is 70.8 cm³/mol. The van der Waals surface area contributed by atoms with Crippen molar-refractivity contribution in [1.82, 2.24) is 9.97 Å². The number of carbonyl (C=O) groups excluding carboxylic acids is 1. The first kappa shape index (κ1) is 12.8. The molecule has 0 aliphatic rings. The standard InChI is InChI=1S/C12H9Cl2N3O/c13-9-4-2-1-3-8(9)5-12(18)17-11-7-15-6-10(14)16-11/h1-4,6-7H,5H2,(H,16,17,18). The van der Waals surface area contributed by atoms with Crippen LogP contribution >= 0.6 is 23.2 Å². The van der Waals surface area contributed by atoms with Crippen LogP contribution in [-0.4, -0.2) is 15.9 Å². The van der Waals surface area contributed by atoms with Gasteiger partial charge in [-0.1, -0.05) is 41.4 Å². The molecule has 0 bridgehead atoms. The summed E-state index contributed by atoms with van der Waals surface area (Å²) >= 11 is 11.6. The highest BCUT2D eigenvalue weighted by molar-refractivity contribution is 6.31. The molecule has 1 N–H and O–H groups in total. The predicted octanol–water partition coefficient (Wildman–Crippen LogP) is 2.96. The van der Waals surface area contributed by atoms with Gasteiger partial charge in [0.1, 0.15) is 5.15 Å². The topological polar surface area (TPSA) is 54.9 Å². The van der Waals surface area contributed by atoms with Gasteiger partial charge in [0, 0.05) is 5.02 Å². The van der Waals surface area contributed by atoms with E-state index in [1.54, 1.807) is 12.1 Å². The number of anilines is 1. The normalized spacial score (nSPS) is 10.1. The molecule has 1 aromatic heterocycles. The van der Waals surface area contributed by atoms with Crippen molar-refractivity contribution in [3.05, 3.63) is 52.4 Å². The number of hydrogen-bond acceptors (Lipinski definition) is 3. The molecule has 92 valence electrons. The number of hydrogen-bond donors (Lipinski definition) is 1. The van der Waals surface area contributed by atoms with E-state index in [4.69, 9.17) is 23.2 Å². The molecule has 0 atom stereocenters. The summed E-state index contributed by atoms with van der Waals surface area (Å²) in [7, 11) is 0. The van der Waals surface area contributed by atoms with E-state index in [2.05, 4.69) is 15.3 Å². The summed E-state index contributed by atoms with van der Waals surface area (Å²) in [4.78, 5) is 19.5. The van der Waals surface area contributed by atoms with Gasteiger partial charge in [-0.3, -0.25) is 9.78 Å². The highest BCUT2D eigenvalue weighted by Gasteiger charge is 2.08. The summed E-state index contributed by atoms with van der Waals surface area (Å²) < 4.78 is 0. The number of nitrogens with one attached hydrogen (secondary N) is 1. The fourth-order valence-corrected chi connectivity index (χ4v) is 1.75. The van der Waals surface area contributed by atoms with Gasteiger partial charge in [0.2, 0.25) is 5.91 Å². The highest BCUT2D eigenvalue weighted by Crippen LogP contribution is 2.16. The van der Waals surface area contributed by atoms with Crippen molar-refractivity contribution in [3.8, 4) is 0 Å². The number of halogens is 2. The maximum absolute atomic E-state index is 11.8. The molecule has 2 rings (SSSR count). The molecule has 18 heavy (non-hydrogen) atoms. The lowest BCUT2D eigenvalue weighted by Gasteiger charge is -2.05. The van der Waals surface area contributed by atoms with E-state index in [0.29, 0.717) is 10.8 Å². The molecule has 2 aromatic rings. The molecule has 1 aromatic carbocycles. The van der Waals surface area contributed by atoms with Crippen LogP contribution < -0.4 is 5.32 Å². The summed E-state index contributed by atoms with van der Waals surface area (Å²) in [5.41, 5.74) is 0.756. The van der Waals surface area contributed by atoms with Gasteiger partial charge in [0.15, 0.2) is 5.82 Å². The van der Waals surface area contributed by atoms with E-state index in [9.17, 15) is 4.79 Å². The zero-order chi connectivity index (χ0) is 13.0. The molecule has 4 nitrogen and oxygen atoms in total. The summed E-state index contributed by atoms with van der Waals surface area (Å²) in [6, 6.07) is 7.18. The first-order valence-corrected chi connectivity index (χ1v) is 5.91. The van der Waals surface area contributed by atoms with Crippen LogP contribution in [-0.2, 0) is 11.2 Å². The molecule has 1 amide bonds. The van der Waals surface area contributed by atoms with E-state index < -0.39 is 0 Å². The van der Waals surface area contributed by atoms with Gasteiger partial charge in [-0.05, 0) is 11.6 Å². The maximum atomic E-state index is 11.8. The van der Waals surface area contributed by atoms with Gasteiger partial charge in [-0.25, -0.2) is 4.98 Å². The van der Waals surface area contributed by atoms with Crippen LogP contribution in [0.25, 0.3) is 0 Å².